The topological polar surface area (TPSA) is 59.1 Å². The molecule has 0 aliphatic carbocycles. The van der Waals surface area contributed by atoms with Crippen LogP contribution >= 0.6 is 0 Å². The summed E-state index contributed by atoms with van der Waals surface area (Å²) in [6, 6.07) is 10.3. The summed E-state index contributed by atoms with van der Waals surface area (Å²) in [6.07, 6.45) is 4.53. The zero-order valence-electron chi connectivity index (χ0n) is 11.8. The summed E-state index contributed by atoms with van der Waals surface area (Å²) < 4.78 is 22.4. The molecule has 0 aliphatic rings. The summed E-state index contributed by atoms with van der Waals surface area (Å²) in [6.45, 7) is 0. The molecule has 2 rings (SSSR count). The summed E-state index contributed by atoms with van der Waals surface area (Å²) in [4.78, 5) is 4.30. The number of fused-ring (bicyclic) bond motifs is 1. The molecule has 1 unspecified atom stereocenters. The van der Waals surface area contributed by atoms with E-state index < -0.39 is 9.84 Å². The summed E-state index contributed by atoms with van der Waals surface area (Å²) in [7, 11) is -0.981. The van der Waals surface area contributed by atoms with E-state index in [9.17, 15) is 8.42 Å². The lowest BCUT2D eigenvalue weighted by atomic mass is 10.0. The fourth-order valence-electron chi connectivity index (χ4n) is 2.34. The molecule has 0 bridgehead atoms. The van der Waals surface area contributed by atoms with Gasteiger partial charge in [-0.25, -0.2) is 8.42 Å². The molecule has 0 spiro atoms. The van der Waals surface area contributed by atoms with Crippen LogP contribution in [0.1, 0.15) is 24.4 Å². The number of pyridine rings is 1. The van der Waals surface area contributed by atoms with Crippen molar-refractivity contribution in [3.63, 3.8) is 0 Å². The molecule has 1 N–H and O–H groups in total. The van der Waals surface area contributed by atoms with Gasteiger partial charge >= 0.3 is 0 Å². The normalized spacial score (nSPS) is 13.5. The molecule has 1 aromatic carbocycles. The van der Waals surface area contributed by atoms with Gasteiger partial charge in [-0.15, -0.1) is 0 Å². The molecule has 4 nitrogen and oxygen atoms in total. The van der Waals surface area contributed by atoms with Crippen molar-refractivity contribution in [1.29, 1.82) is 0 Å². The van der Waals surface area contributed by atoms with Crippen molar-refractivity contribution in [3.05, 3.63) is 42.1 Å². The van der Waals surface area contributed by atoms with Crippen LogP contribution in [0.3, 0.4) is 0 Å². The highest BCUT2D eigenvalue weighted by Gasteiger charge is 2.11. The minimum Gasteiger partial charge on any atom is -0.313 e. The van der Waals surface area contributed by atoms with Gasteiger partial charge in [0.2, 0.25) is 0 Å². The molecule has 0 amide bonds. The van der Waals surface area contributed by atoms with Crippen LogP contribution in [0.25, 0.3) is 10.9 Å². The third-order valence-corrected chi connectivity index (χ3v) is 4.42. The van der Waals surface area contributed by atoms with Gasteiger partial charge < -0.3 is 5.32 Å². The molecular formula is C15H20N2O2S. The Bertz CT molecular complexity index is 683. The van der Waals surface area contributed by atoms with Crippen LogP contribution < -0.4 is 5.32 Å². The summed E-state index contributed by atoms with van der Waals surface area (Å²) >= 11 is 0. The van der Waals surface area contributed by atoms with Crippen LogP contribution in [0.4, 0.5) is 0 Å². The monoisotopic (exact) mass is 292 g/mol. The van der Waals surface area contributed by atoms with Crippen molar-refractivity contribution in [2.24, 2.45) is 0 Å². The van der Waals surface area contributed by atoms with E-state index in [4.69, 9.17) is 0 Å². The van der Waals surface area contributed by atoms with Crippen molar-refractivity contribution in [2.75, 3.05) is 19.1 Å². The Morgan fingerprint density at radius 2 is 2.10 bits per heavy atom. The molecule has 0 saturated heterocycles. The molecule has 0 fully saturated rings. The summed E-state index contributed by atoms with van der Waals surface area (Å²) in [5.74, 6) is 0.236. The molecule has 1 aromatic heterocycles. The first-order valence-corrected chi connectivity index (χ1v) is 8.75. The van der Waals surface area contributed by atoms with Crippen LogP contribution in [-0.4, -0.2) is 32.5 Å². The number of sulfone groups is 1. The van der Waals surface area contributed by atoms with E-state index >= 15 is 0 Å². The zero-order chi connectivity index (χ0) is 14.6. The Labute approximate surface area is 120 Å². The molecule has 1 atom stereocenters. The maximum atomic E-state index is 11.2. The van der Waals surface area contributed by atoms with Crippen molar-refractivity contribution < 1.29 is 8.42 Å². The lowest BCUT2D eigenvalue weighted by Gasteiger charge is -2.17. The van der Waals surface area contributed by atoms with Crippen molar-refractivity contribution >= 4 is 20.7 Å². The van der Waals surface area contributed by atoms with E-state index in [0.717, 1.165) is 17.3 Å². The van der Waals surface area contributed by atoms with Gasteiger partial charge in [-0.2, -0.15) is 0 Å². The number of hydrogen-bond acceptors (Lipinski definition) is 4. The highest BCUT2D eigenvalue weighted by molar-refractivity contribution is 7.90. The van der Waals surface area contributed by atoms with E-state index in [1.54, 1.807) is 6.20 Å². The van der Waals surface area contributed by atoms with Gasteiger partial charge in [-0.05, 0) is 43.7 Å². The smallest absolute Gasteiger partial charge is 0.147 e. The second-order valence-electron chi connectivity index (χ2n) is 5.07. The fraction of sp³-hybridized carbons (Fsp3) is 0.400. The fourth-order valence-corrected chi connectivity index (χ4v) is 3.03. The standard InChI is InChI=1S/C15H20N2O2S/c1-16-14(6-4-10-20(2,18)19)13-7-8-15-12(11-13)5-3-9-17-15/h3,5,7-9,11,14,16H,4,6,10H2,1-2H3. The van der Waals surface area contributed by atoms with Gasteiger partial charge in [0.25, 0.3) is 0 Å². The average Bonchev–Trinajstić information content (AvgIpc) is 2.42. The van der Waals surface area contributed by atoms with Crippen LogP contribution in [0, 0.1) is 0 Å². The maximum absolute atomic E-state index is 11.2. The molecule has 0 saturated carbocycles. The van der Waals surface area contributed by atoms with Gasteiger partial charge in [-0.3, -0.25) is 4.98 Å². The van der Waals surface area contributed by atoms with E-state index in [1.165, 1.54) is 11.8 Å². The Morgan fingerprint density at radius 3 is 2.80 bits per heavy atom. The number of benzene rings is 1. The Balaban J connectivity index is 2.12. The van der Waals surface area contributed by atoms with Gasteiger partial charge in [0.1, 0.15) is 9.84 Å². The van der Waals surface area contributed by atoms with Gasteiger partial charge in [0, 0.05) is 29.6 Å². The second-order valence-corrected chi connectivity index (χ2v) is 7.33. The number of hydrogen-bond donors (Lipinski definition) is 1. The van der Waals surface area contributed by atoms with Gasteiger partial charge in [0.15, 0.2) is 0 Å². The number of nitrogens with zero attached hydrogens (tertiary/aromatic N) is 1. The van der Waals surface area contributed by atoms with Crippen LogP contribution in [0.15, 0.2) is 36.5 Å². The molecule has 0 aliphatic heterocycles. The average molecular weight is 292 g/mol. The maximum Gasteiger partial charge on any atom is 0.147 e. The SMILES string of the molecule is CNC(CCCS(C)(=O)=O)c1ccc2ncccc2c1. The molecular weight excluding hydrogens is 272 g/mol. The van der Waals surface area contributed by atoms with Crippen LogP contribution in [0.2, 0.25) is 0 Å². The van der Waals surface area contributed by atoms with Gasteiger partial charge in [0.05, 0.1) is 5.52 Å². The van der Waals surface area contributed by atoms with Crippen LogP contribution in [-0.2, 0) is 9.84 Å². The largest absolute Gasteiger partial charge is 0.313 e. The van der Waals surface area contributed by atoms with Crippen molar-refractivity contribution in [1.82, 2.24) is 10.3 Å². The lowest BCUT2D eigenvalue weighted by molar-refractivity contribution is 0.536. The number of nitrogens with one attached hydrogen (secondary N) is 1. The first-order valence-electron chi connectivity index (χ1n) is 6.69. The Kier molecular flexibility index (Phi) is 4.73. The molecule has 2 aromatic rings. The minimum atomic E-state index is -2.88. The van der Waals surface area contributed by atoms with Crippen LogP contribution in [0.5, 0.6) is 0 Å². The second kappa shape index (κ2) is 6.33. The van der Waals surface area contributed by atoms with Crippen molar-refractivity contribution in [2.45, 2.75) is 18.9 Å². The summed E-state index contributed by atoms with van der Waals surface area (Å²) in [5, 5.41) is 4.36. The number of rotatable bonds is 6. The Morgan fingerprint density at radius 1 is 1.30 bits per heavy atom. The third-order valence-electron chi connectivity index (χ3n) is 3.39. The number of aromatic nitrogens is 1. The highest BCUT2D eigenvalue weighted by Crippen LogP contribution is 2.22. The highest BCUT2D eigenvalue weighted by atomic mass is 32.2. The lowest BCUT2D eigenvalue weighted by Crippen LogP contribution is -2.17. The van der Waals surface area contributed by atoms with E-state index in [0.29, 0.717) is 6.42 Å². The molecule has 20 heavy (non-hydrogen) atoms. The Hall–Kier alpha value is -1.46. The molecule has 1 heterocycles. The van der Waals surface area contributed by atoms with Crippen molar-refractivity contribution in [3.8, 4) is 0 Å². The molecule has 108 valence electrons. The van der Waals surface area contributed by atoms with E-state index in [-0.39, 0.29) is 11.8 Å². The van der Waals surface area contributed by atoms with E-state index in [2.05, 4.69) is 22.4 Å². The third kappa shape index (κ3) is 4.02. The minimum absolute atomic E-state index is 0.168. The first-order chi connectivity index (χ1) is 9.49. The van der Waals surface area contributed by atoms with Gasteiger partial charge in [-0.1, -0.05) is 12.1 Å². The predicted octanol–water partition coefficient (Wildman–Crippen LogP) is 2.32. The zero-order valence-corrected chi connectivity index (χ0v) is 12.7. The van der Waals surface area contributed by atoms with E-state index in [1.807, 2.05) is 25.2 Å². The molecule has 0 radical (unpaired) electrons. The predicted molar refractivity (Wildman–Crippen MR) is 82.5 cm³/mol. The first kappa shape index (κ1) is 14.9. The molecule has 5 heteroatoms. The quantitative estimate of drug-likeness (QED) is 0.887. The summed E-state index contributed by atoms with van der Waals surface area (Å²) in [5.41, 5.74) is 2.14.